The number of rotatable bonds is 8. The van der Waals surface area contributed by atoms with Gasteiger partial charge >= 0.3 is 0 Å². The average Bonchev–Trinajstić information content (AvgIpc) is 3.19. The molecule has 21 heavy (non-hydrogen) atoms. The Bertz CT molecular complexity index is 456. The maximum Gasteiger partial charge on any atom is 0.257 e. The molecule has 1 aromatic heterocycles. The van der Waals surface area contributed by atoms with E-state index >= 15 is 0 Å². The van der Waals surface area contributed by atoms with Crippen LogP contribution >= 0.6 is 0 Å². The van der Waals surface area contributed by atoms with E-state index in [1.165, 1.54) is 12.8 Å². The molecule has 2 aliphatic rings. The van der Waals surface area contributed by atoms with E-state index in [-0.39, 0.29) is 6.10 Å². The van der Waals surface area contributed by atoms with Gasteiger partial charge in [0, 0.05) is 25.2 Å². The maximum atomic E-state index is 6.29. The molecule has 1 N–H and O–H groups in total. The zero-order valence-electron chi connectivity index (χ0n) is 13.0. The molecule has 4 nitrogen and oxygen atoms in total. The first kappa shape index (κ1) is 14.6. The molecule has 0 bridgehead atoms. The lowest BCUT2D eigenvalue weighted by atomic mass is 9.90. The van der Waals surface area contributed by atoms with Gasteiger partial charge in [-0.2, -0.15) is 0 Å². The van der Waals surface area contributed by atoms with Gasteiger partial charge in [0.05, 0.1) is 6.61 Å². The molecule has 0 aromatic carbocycles. The fraction of sp³-hybridized carbons (Fsp3) is 0.706. The van der Waals surface area contributed by atoms with Crippen LogP contribution in [0, 0.1) is 17.8 Å². The monoisotopic (exact) mass is 290 g/mol. The number of pyridine rings is 1. The third-order valence-electron chi connectivity index (χ3n) is 4.21. The van der Waals surface area contributed by atoms with Gasteiger partial charge in [0.1, 0.15) is 6.10 Å². The van der Waals surface area contributed by atoms with Gasteiger partial charge in [-0.25, -0.2) is 4.98 Å². The summed E-state index contributed by atoms with van der Waals surface area (Å²) in [6, 6.07) is 3.90. The summed E-state index contributed by atoms with van der Waals surface area (Å²) in [5.41, 5.74) is 0. The van der Waals surface area contributed by atoms with Crippen LogP contribution in [0.25, 0.3) is 0 Å². The Kier molecular flexibility index (Phi) is 4.63. The summed E-state index contributed by atoms with van der Waals surface area (Å²) >= 11 is 0. The minimum absolute atomic E-state index is 0.249. The molecule has 1 atom stereocenters. The summed E-state index contributed by atoms with van der Waals surface area (Å²) in [6.07, 6.45) is 5.67. The van der Waals surface area contributed by atoms with Crippen molar-refractivity contribution in [2.24, 2.45) is 17.8 Å². The van der Waals surface area contributed by atoms with Gasteiger partial charge in [-0.05, 0) is 43.2 Å². The van der Waals surface area contributed by atoms with Crippen LogP contribution in [-0.2, 0) is 0 Å². The van der Waals surface area contributed by atoms with Crippen LogP contribution in [0.3, 0.4) is 0 Å². The molecule has 0 amide bonds. The summed E-state index contributed by atoms with van der Waals surface area (Å²) in [7, 11) is 0. The first-order valence-electron chi connectivity index (χ1n) is 8.17. The molecule has 4 heteroatoms. The summed E-state index contributed by atoms with van der Waals surface area (Å²) < 4.78 is 12.1. The van der Waals surface area contributed by atoms with E-state index in [2.05, 4.69) is 24.1 Å². The second-order valence-electron chi connectivity index (χ2n) is 6.77. The normalized spacial score (nSPS) is 20.1. The van der Waals surface area contributed by atoms with Crippen LogP contribution in [0.5, 0.6) is 11.6 Å². The smallest absolute Gasteiger partial charge is 0.257 e. The second kappa shape index (κ2) is 6.65. The highest BCUT2D eigenvalue weighted by molar-refractivity contribution is 5.33. The van der Waals surface area contributed by atoms with Gasteiger partial charge in [-0.1, -0.05) is 13.8 Å². The lowest BCUT2D eigenvalue weighted by molar-refractivity contribution is 0.0760. The molecule has 2 heterocycles. The van der Waals surface area contributed by atoms with Crippen LogP contribution in [0.1, 0.15) is 33.1 Å². The van der Waals surface area contributed by atoms with Gasteiger partial charge in [-0.15, -0.1) is 0 Å². The zero-order chi connectivity index (χ0) is 14.7. The van der Waals surface area contributed by atoms with E-state index < -0.39 is 0 Å². The topological polar surface area (TPSA) is 43.4 Å². The number of aromatic nitrogens is 1. The SMILES string of the molecule is CC(C)CC(Oc1cccnc1OCC1CC1)C1CNC1. The molecule has 0 spiro atoms. The highest BCUT2D eigenvalue weighted by Gasteiger charge is 2.30. The van der Waals surface area contributed by atoms with Crippen molar-refractivity contribution in [3.63, 3.8) is 0 Å². The van der Waals surface area contributed by atoms with E-state index in [4.69, 9.17) is 9.47 Å². The largest absolute Gasteiger partial charge is 0.484 e. The lowest BCUT2D eigenvalue weighted by Crippen LogP contribution is -2.50. The quantitative estimate of drug-likeness (QED) is 0.799. The van der Waals surface area contributed by atoms with Crippen molar-refractivity contribution < 1.29 is 9.47 Å². The van der Waals surface area contributed by atoms with Crippen molar-refractivity contribution in [3.8, 4) is 11.6 Å². The van der Waals surface area contributed by atoms with E-state index in [9.17, 15) is 0 Å². The molecule has 3 rings (SSSR count). The lowest BCUT2D eigenvalue weighted by Gasteiger charge is -2.35. The Labute approximate surface area is 127 Å². The van der Waals surface area contributed by atoms with E-state index in [0.717, 1.165) is 37.8 Å². The van der Waals surface area contributed by atoms with E-state index in [0.29, 0.717) is 17.7 Å². The maximum absolute atomic E-state index is 6.29. The van der Waals surface area contributed by atoms with Crippen LogP contribution < -0.4 is 14.8 Å². The molecule has 1 saturated heterocycles. The van der Waals surface area contributed by atoms with Crippen LogP contribution in [0.4, 0.5) is 0 Å². The molecule has 1 unspecified atom stereocenters. The minimum atomic E-state index is 0.249. The Balaban J connectivity index is 1.65. The highest BCUT2D eigenvalue weighted by Crippen LogP contribution is 2.33. The van der Waals surface area contributed by atoms with E-state index in [1.54, 1.807) is 6.20 Å². The first-order valence-corrected chi connectivity index (χ1v) is 8.17. The number of hydrogen-bond acceptors (Lipinski definition) is 4. The molecule has 0 radical (unpaired) electrons. The number of ether oxygens (including phenoxy) is 2. The number of hydrogen-bond donors (Lipinski definition) is 1. The first-order chi connectivity index (χ1) is 10.2. The fourth-order valence-corrected chi connectivity index (χ4v) is 2.59. The van der Waals surface area contributed by atoms with Gasteiger partial charge < -0.3 is 14.8 Å². The molecule has 1 aliphatic heterocycles. The van der Waals surface area contributed by atoms with Crippen molar-refractivity contribution in [3.05, 3.63) is 18.3 Å². The standard InChI is InChI=1S/C17H26N2O2/c1-12(2)8-16(14-9-18-10-14)21-15-4-3-7-19-17(15)20-11-13-5-6-13/h3-4,7,12-14,16,18H,5-6,8-11H2,1-2H3. The summed E-state index contributed by atoms with van der Waals surface area (Å²) in [6.45, 7) is 7.37. The predicted molar refractivity (Wildman–Crippen MR) is 82.7 cm³/mol. The van der Waals surface area contributed by atoms with Crippen molar-refractivity contribution >= 4 is 0 Å². The minimum Gasteiger partial charge on any atom is -0.484 e. The Morgan fingerprint density at radius 3 is 2.76 bits per heavy atom. The third kappa shape index (κ3) is 4.10. The zero-order valence-corrected chi connectivity index (χ0v) is 13.0. The van der Waals surface area contributed by atoms with Gasteiger partial charge in [-0.3, -0.25) is 0 Å². The molecule has 2 fully saturated rings. The Morgan fingerprint density at radius 2 is 2.14 bits per heavy atom. The van der Waals surface area contributed by atoms with Crippen LogP contribution in [-0.4, -0.2) is 30.8 Å². The highest BCUT2D eigenvalue weighted by atomic mass is 16.5. The van der Waals surface area contributed by atoms with Crippen molar-refractivity contribution in [2.45, 2.75) is 39.2 Å². The number of nitrogens with zero attached hydrogens (tertiary/aromatic N) is 1. The second-order valence-corrected chi connectivity index (χ2v) is 6.77. The van der Waals surface area contributed by atoms with Crippen molar-refractivity contribution in [1.82, 2.24) is 10.3 Å². The molecule has 116 valence electrons. The molecule has 1 aliphatic carbocycles. The molecular weight excluding hydrogens is 264 g/mol. The van der Waals surface area contributed by atoms with Gasteiger partial charge in [0.25, 0.3) is 5.88 Å². The third-order valence-corrected chi connectivity index (χ3v) is 4.21. The fourth-order valence-electron chi connectivity index (χ4n) is 2.59. The molecule has 1 saturated carbocycles. The Morgan fingerprint density at radius 1 is 1.33 bits per heavy atom. The predicted octanol–water partition coefficient (Wildman–Crippen LogP) is 2.88. The van der Waals surface area contributed by atoms with Gasteiger partial charge in [0.15, 0.2) is 5.75 Å². The molecule has 1 aromatic rings. The van der Waals surface area contributed by atoms with Crippen LogP contribution in [0.15, 0.2) is 18.3 Å². The average molecular weight is 290 g/mol. The van der Waals surface area contributed by atoms with Crippen molar-refractivity contribution in [2.75, 3.05) is 19.7 Å². The summed E-state index contributed by atoms with van der Waals surface area (Å²) in [4.78, 5) is 4.35. The van der Waals surface area contributed by atoms with Gasteiger partial charge in [0.2, 0.25) is 0 Å². The number of nitrogens with one attached hydrogen (secondary N) is 1. The van der Waals surface area contributed by atoms with E-state index in [1.807, 2.05) is 12.1 Å². The molecular formula is C17H26N2O2. The Hall–Kier alpha value is -1.29. The van der Waals surface area contributed by atoms with Crippen molar-refractivity contribution in [1.29, 1.82) is 0 Å². The summed E-state index contributed by atoms with van der Waals surface area (Å²) in [5, 5.41) is 3.34. The summed E-state index contributed by atoms with van der Waals surface area (Å²) in [5.74, 6) is 3.41. The van der Waals surface area contributed by atoms with Crippen LogP contribution in [0.2, 0.25) is 0 Å².